The Morgan fingerprint density at radius 2 is 1.71 bits per heavy atom. The Morgan fingerprint density at radius 1 is 1.12 bits per heavy atom. The largest absolute Gasteiger partial charge is 0.307 e. The van der Waals surface area contributed by atoms with E-state index in [0.29, 0.717) is 12.1 Å². The van der Waals surface area contributed by atoms with Crippen molar-refractivity contribution in [3.05, 3.63) is 34.9 Å². The number of nitrogens with one attached hydrogen (secondary N) is 1. The molecule has 94 valence electrons. The standard InChI is InChI=1S/C15H22ClN/c1-11(13-5-3-4-6-13)17-12(2)14-7-9-15(16)10-8-14/h7-13,17H,3-6H2,1-2H3. The maximum Gasteiger partial charge on any atom is 0.0406 e. The third-order valence-corrected chi connectivity index (χ3v) is 4.24. The molecule has 0 aliphatic heterocycles. The summed E-state index contributed by atoms with van der Waals surface area (Å²) in [5, 5.41) is 4.52. The van der Waals surface area contributed by atoms with Gasteiger partial charge in [0.15, 0.2) is 0 Å². The highest BCUT2D eigenvalue weighted by molar-refractivity contribution is 6.30. The Labute approximate surface area is 110 Å². The van der Waals surface area contributed by atoms with Crippen molar-refractivity contribution < 1.29 is 0 Å². The van der Waals surface area contributed by atoms with Crippen LogP contribution in [0.3, 0.4) is 0 Å². The van der Waals surface area contributed by atoms with Crippen LogP contribution >= 0.6 is 11.6 Å². The number of hydrogen-bond donors (Lipinski definition) is 1. The molecule has 0 aromatic heterocycles. The maximum atomic E-state index is 5.91. The summed E-state index contributed by atoms with van der Waals surface area (Å²) in [6.45, 7) is 4.55. The van der Waals surface area contributed by atoms with Crippen LogP contribution in [0.25, 0.3) is 0 Å². The third kappa shape index (κ3) is 3.46. The first-order chi connectivity index (χ1) is 8.16. The van der Waals surface area contributed by atoms with E-state index in [-0.39, 0.29) is 0 Å². The predicted octanol–water partition coefficient (Wildman–Crippen LogP) is 4.57. The van der Waals surface area contributed by atoms with E-state index < -0.39 is 0 Å². The van der Waals surface area contributed by atoms with E-state index in [0.717, 1.165) is 10.9 Å². The molecule has 0 saturated heterocycles. The van der Waals surface area contributed by atoms with E-state index in [2.05, 4.69) is 31.3 Å². The van der Waals surface area contributed by atoms with Gasteiger partial charge in [0, 0.05) is 17.1 Å². The third-order valence-electron chi connectivity index (χ3n) is 3.99. The summed E-state index contributed by atoms with van der Waals surface area (Å²) in [6.07, 6.45) is 5.60. The predicted molar refractivity (Wildman–Crippen MR) is 74.4 cm³/mol. The Balaban J connectivity index is 1.91. The van der Waals surface area contributed by atoms with Crippen molar-refractivity contribution in [1.82, 2.24) is 5.32 Å². The average Bonchev–Trinajstić information content (AvgIpc) is 2.83. The van der Waals surface area contributed by atoms with Crippen molar-refractivity contribution in [2.24, 2.45) is 5.92 Å². The van der Waals surface area contributed by atoms with E-state index in [1.54, 1.807) is 0 Å². The van der Waals surface area contributed by atoms with Gasteiger partial charge >= 0.3 is 0 Å². The van der Waals surface area contributed by atoms with Gasteiger partial charge in [0.1, 0.15) is 0 Å². The number of benzene rings is 1. The minimum absolute atomic E-state index is 0.405. The second-order valence-electron chi connectivity index (χ2n) is 5.27. The summed E-state index contributed by atoms with van der Waals surface area (Å²) in [4.78, 5) is 0. The van der Waals surface area contributed by atoms with Gasteiger partial charge in [-0.05, 0) is 50.3 Å². The fourth-order valence-electron chi connectivity index (χ4n) is 2.84. The average molecular weight is 252 g/mol. The minimum Gasteiger partial charge on any atom is -0.307 e. The molecule has 2 heteroatoms. The quantitative estimate of drug-likeness (QED) is 0.827. The van der Waals surface area contributed by atoms with E-state index in [1.165, 1.54) is 31.2 Å². The molecule has 2 rings (SSSR count). The van der Waals surface area contributed by atoms with Crippen LogP contribution in [0, 0.1) is 5.92 Å². The molecule has 1 N–H and O–H groups in total. The lowest BCUT2D eigenvalue weighted by Crippen LogP contribution is -2.34. The Kier molecular flexibility index (Phi) is 4.47. The highest BCUT2D eigenvalue weighted by Crippen LogP contribution is 2.28. The fraction of sp³-hybridized carbons (Fsp3) is 0.600. The zero-order chi connectivity index (χ0) is 12.3. The normalized spacial score (nSPS) is 20.4. The lowest BCUT2D eigenvalue weighted by Gasteiger charge is -2.25. The zero-order valence-corrected chi connectivity index (χ0v) is 11.5. The van der Waals surface area contributed by atoms with Crippen molar-refractivity contribution in [2.75, 3.05) is 0 Å². The number of halogens is 1. The van der Waals surface area contributed by atoms with Crippen molar-refractivity contribution in [1.29, 1.82) is 0 Å². The van der Waals surface area contributed by atoms with Gasteiger partial charge in [0.2, 0.25) is 0 Å². The van der Waals surface area contributed by atoms with Gasteiger partial charge < -0.3 is 5.32 Å². The molecular formula is C15H22ClN. The molecule has 0 spiro atoms. The Morgan fingerprint density at radius 3 is 2.29 bits per heavy atom. The van der Waals surface area contributed by atoms with Crippen molar-refractivity contribution >= 4 is 11.6 Å². The maximum absolute atomic E-state index is 5.91. The summed E-state index contributed by atoms with van der Waals surface area (Å²) >= 11 is 5.91. The van der Waals surface area contributed by atoms with Gasteiger partial charge in [-0.3, -0.25) is 0 Å². The molecule has 1 aliphatic carbocycles. The molecule has 1 aromatic carbocycles. The summed E-state index contributed by atoms with van der Waals surface area (Å²) in [5.74, 6) is 0.866. The van der Waals surface area contributed by atoms with E-state index in [9.17, 15) is 0 Å². The zero-order valence-electron chi connectivity index (χ0n) is 10.7. The first-order valence-electron chi connectivity index (χ1n) is 6.68. The molecule has 1 aromatic rings. The van der Waals surface area contributed by atoms with Crippen LogP contribution in [-0.4, -0.2) is 6.04 Å². The van der Waals surface area contributed by atoms with Gasteiger partial charge in [-0.1, -0.05) is 36.6 Å². The second-order valence-corrected chi connectivity index (χ2v) is 5.71. The van der Waals surface area contributed by atoms with E-state index >= 15 is 0 Å². The Bertz CT molecular complexity index is 340. The van der Waals surface area contributed by atoms with Crippen LogP contribution < -0.4 is 5.32 Å². The molecule has 0 amide bonds. The molecular weight excluding hydrogens is 230 g/mol. The van der Waals surface area contributed by atoms with Gasteiger partial charge in [0.05, 0.1) is 0 Å². The smallest absolute Gasteiger partial charge is 0.0406 e. The molecule has 0 bridgehead atoms. The topological polar surface area (TPSA) is 12.0 Å². The summed E-state index contributed by atoms with van der Waals surface area (Å²) in [7, 11) is 0. The van der Waals surface area contributed by atoms with E-state index in [4.69, 9.17) is 11.6 Å². The number of hydrogen-bond acceptors (Lipinski definition) is 1. The second kappa shape index (κ2) is 5.88. The van der Waals surface area contributed by atoms with Crippen molar-refractivity contribution in [2.45, 2.75) is 51.6 Å². The van der Waals surface area contributed by atoms with Gasteiger partial charge in [-0.25, -0.2) is 0 Å². The van der Waals surface area contributed by atoms with Crippen LogP contribution in [0.15, 0.2) is 24.3 Å². The molecule has 17 heavy (non-hydrogen) atoms. The Hall–Kier alpha value is -0.530. The molecule has 2 atom stereocenters. The molecule has 1 nitrogen and oxygen atoms in total. The molecule has 0 heterocycles. The summed E-state index contributed by atoms with van der Waals surface area (Å²) in [6, 6.07) is 9.18. The van der Waals surface area contributed by atoms with Gasteiger partial charge in [-0.15, -0.1) is 0 Å². The van der Waals surface area contributed by atoms with Crippen molar-refractivity contribution in [3.8, 4) is 0 Å². The van der Waals surface area contributed by atoms with Crippen LogP contribution in [-0.2, 0) is 0 Å². The van der Waals surface area contributed by atoms with Crippen LogP contribution in [0.5, 0.6) is 0 Å². The van der Waals surface area contributed by atoms with E-state index in [1.807, 2.05) is 12.1 Å². The lowest BCUT2D eigenvalue weighted by atomic mass is 9.98. The number of rotatable bonds is 4. The van der Waals surface area contributed by atoms with Crippen LogP contribution in [0.2, 0.25) is 5.02 Å². The highest BCUT2D eigenvalue weighted by atomic mass is 35.5. The molecule has 1 fully saturated rings. The van der Waals surface area contributed by atoms with Gasteiger partial charge in [0.25, 0.3) is 0 Å². The molecule has 1 aliphatic rings. The highest BCUT2D eigenvalue weighted by Gasteiger charge is 2.22. The minimum atomic E-state index is 0.405. The lowest BCUT2D eigenvalue weighted by molar-refractivity contribution is 0.352. The molecule has 2 unspecified atom stereocenters. The van der Waals surface area contributed by atoms with Crippen molar-refractivity contribution in [3.63, 3.8) is 0 Å². The molecule has 0 radical (unpaired) electrons. The fourth-order valence-corrected chi connectivity index (χ4v) is 2.96. The van der Waals surface area contributed by atoms with Crippen LogP contribution in [0.4, 0.5) is 0 Å². The van der Waals surface area contributed by atoms with Crippen LogP contribution in [0.1, 0.15) is 51.1 Å². The summed E-state index contributed by atoms with van der Waals surface area (Å²) in [5.41, 5.74) is 1.32. The first-order valence-corrected chi connectivity index (χ1v) is 7.06. The van der Waals surface area contributed by atoms with Gasteiger partial charge in [-0.2, -0.15) is 0 Å². The first kappa shape index (κ1) is 12.9. The summed E-state index contributed by atoms with van der Waals surface area (Å²) < 4.78 is 0. The SMILES string of the molecule is CC(NC(C)C1CCCC1)c1ccc(Cl)cc1. The molecule has 1 saturated carbocycles. The monoisotopic (exact) mass is 251 g/mol.